The first kappa shape index (κ1) is 16.8. The van der Waals surface area contributed by atoms with Gasteiger partial charge in [0, 0.05) is 17.1 Å². The first-order valence-electron chi connectivity index (χ1n) is 8.51. The van der Waals surface area contributed by atoms with E-state index in [1.807, 2.05) is 13.0 Å². The van der Waals surface area contributed by atoms with Crippen molar-refractivity contribution in [3.8, 4) is 5.75 Å². The fourth-order valence-electron chi connectivity index (χ4n) is 3.65. The second-order valence-corrected chi connectivity index (χ2v) is 8.16. The first-order chi connectivity index (χ1) is 11.1. The second-order valence-electron chi connectivity index (χ2n) is 8.16. The van der Waals surface area contributed by atoms with E-state index in [4.69, 9.17) is 9.84 Å². The number of hydrogen-bond acceptors (Lipinski definition) is 2. The van der Waals surface area contributed by atoms with Gasteiger partial charge in [-0.2, -0.15) is 0 Å². The molecule has 3 rings (SSSR count). The maximum Gasteiger partial charge on any atom is 0.328 e. The van der Waals surface area contributed by atoms with Crippen LogP contribution in [0.4, 0.5) is 0 Å². The summed E-state index contributed by atoms with van der Waals surface area (Å²) >= 11 is 0. The molecule has 2 aliphatic rings. The summed E-state index contributed by atoms with van der Waals surface area (Å²) in [6, 6.07) is 4.58. The molecule has 1 aromatic carbocycles. The standard InChI is InChI=1S/C21H26O3/c1-13(8-18(22)23)6-7-15-11-21(15,5)16-9-14(2)19-17(10-16)20(3,4)12-24-19/h6-10,15H,11-12H2,1-5H3,(H,22,23)/t15-,21+/m1/s1. The normalized spacial score (nSPS) is 27.9. The summed E-state index contributed by atoms with van der Waals surface area (Å²) in [7, 11) is 0. The predicted molar refractivity (Wildman–Crippen MR) is 95.7 cm³/mol. The number of carboxylic acids is 1. The molecule has 128 valence electrons. The van der Waals surface area contributed by atoms with Gasteiger partial charge in [-0.25, -0.2) is 4.79 Å². The van der Waals surface area contributed by atoms with Crippen molar-refractivity contribution in [1.29, 1.82) is 0 Å². The second kappa shape index (κ2) is 5.51. The van der Waals surface area contributed by atoms with Crippen LogP contribution in [0.3, 0.4) is 0 Å². The van der Waals surface area contributed by atoms with E-state index in [9.17, 15) is 4.79 Å². The van der Waals surface area contributed by atoms with Gasteiger partial charge in [0.1, 0.15) is 5.75 Å². The monoisotopic (exact) mass is 326 g/mol. The number of hydrogen-bond donors (Lipinski definition) is 1. The summed E-state index contributed by atoms with van der Waals surface area (Å²) < 4.78 is 5.90. The Hall–Kier alpha value is -2.03. The highest BCUT2D eigenvalue weighted by Gasteiger charge is 2.50. The van der Waals surface area contributed by atoms with Crippen LogP contribution < -0.4 is 4.74 Å². The maximum atomic E-state index is 10.7. The minimum absolute atomic E-state index is 0.0630. The molecule has 3 heteroatoms. The van der Waals surface area contributed by atoms with E-state index in [1.165, 1.54) is 22.8 Å². The van der Waals surface area contributed by atoms with Gasteiger partial charge in [0.05, 0.1) is 6.61 Å². The predicted octanol–water partition coefficient (Wildman–Crippen LogP) is 4.53. The number of benzene rings is 1. The van der Waals surface area contributed by atoms with Gasteiger partial charge in [-0.1, -0.05) is 45.1 Å². The number of ether oxygens (including phenoxy) is 1. The number of aryl methyl sites for hydroxylation is 1. The highest BCUT2D eigenvalue weighted by atomic mass is 16.5. The lowest BCUT2D eigenvalue weighted by atomic mass is 9.82. The smallest absolute Gasteiger partial charge is 0.328 e. The zero-order chi connectivity index (χ0) is 17.7. The Labute approximate surface area is 144 Å². The van der Waals surface area contributed by atoms with Crippen LogP contribution >= 0.6 is 0 Å². The third-order valence-corrected chi connectivity index (χ3v) is 5.49. The molecule has 0 spiro atoms. The molecular weight excluding hydrogens is 300 g/mol. The van der Waals surface area contributed by atoms with Crippen LogP contribution in [0.15, 0.2) is 35.9 Å². The molecule has 1 heterocycles. The summed E-state index contributed by atoms with van der Waals surface area (Å²) in [4.78, 5) is 10.7. The van der Waals surface area contributed by atoms with Crippen molar-refractivity contribution in [1.82, 2.24) is 0 Å². The largest absolute Gasteiger partial charge is 0.492 e. The molecule has 3 nitrogen and oxygen atoms in total. The zero-order valence-corrected chi connectivity index (χ0v) is 15.1. The Bertz CT molecular complexity index is 755. The number of carbonyl (C=O) groups is 1. The van der Waals surface area contributed by atoms with Crippen LogP contribution in [0.25, 0.3) is 0 Å². The van der Waals surface area contributed by atoms with Crippen molar-refractivity contribution >= 4 is 5.97 Å². The SMILES string of the molecule is CC(C=C[C@@H]1C[C@]1(C)c1cc(C)c2c(c1)C(C)(C)CO2)=CC(=O)O. The van der Waals surface area contributed by atoms with E-state index in [0.717, 1.165) is 24.4 Å². The quantitative estimate of drug-likeness (QED) is 0.653. The fraction of sp³-hybridized carbons (Fsp3) is 0.476. The van der Waals surface area contributed by atoms with Crippen molar-refractivity contribution in [2.24, 2.45) is 5.92 Å². The zero-order valence-electron chi connectivity index (χ0n) is 15.1. The summed E-state index contributed by atoms with van der Waals surface area (Å²) in [6.45, 7) is 11.4. The topological polar surface area (TPSA) is 46.5 Å². The number of rotatable bonds is 4. The molecule has 0 bridgehead atoms. The van der Waals surface area contributed by atoms with Crippen LogP contribution in [-0.2, 0) is 15.6 Å². The van der Waals surface area contributed by atoms with Crippen LogP contribution in [0.5, 0.6) is 5.75 Å². The minimum Gasteiger partial charge on any atom is -0.492 e. The Morgan fingerprint density at radius 2 is 2.04 bits per heavy atom. The molecule has 1 N–H and O–H groups in total. The Kier molecular flexibility index (Phi) is 3.86. The Balaban J connectivity index is 1.85. The van der Waals surface area contributed by atoms with Crippen LogP contribution in [0, 0.1) is 12.8 Å². The van der Waals surface area contributed by atoms with Gasteiger partial charge in [0.2, 0.25) is 0 Å². The average molecular weight is 326 g/mol. The highest BCUT2D eigenvalue weighted by molar-refractivity contribution is 5.81. The van der Waals surface area contributed by atoms with Crippen LogP contribution in [-0.4, -0.2) is 17.7 Å². The molecule has 0 saturated heterocycles. The molecular formula is C21H26O3. The first-order valence-corrected chi connectivity index (χ1v) is 8.51. The molecule has 0 radical (unpaired) electrons. The van der Waals surface area contributed by atoms with Gasteiger partial charge in [0.25, 0.3) is 0 Å². The van der Waals surface area contributed by atoms with Gasteiger partial charge in [0.15, 0.2) is 0 Å². The summed E-state index contributed by atoms with van der Waals surface area (Å²) in [5.74, 6) is 0.616. The van der Waals surface area contributed by atoms with E-state index in [0.29, 0.717) is 5.92 Å². The molecule has 24 heavy (non-hydrogen) atoms. The molecule has 1 fully saturated rings. The summed E-state index contributed by atoms with van der Waals surface area (Å²) in [6.07, 6.45) is 6.43. The summed E-state index contributed by atoms with van der Waals surface area (Å²) in [5.41, 5.74) is 4.87. The van der Waals surface area contributed by atoms with Crippen molar-refractivity contribution in [3.05, 3.63) is 52.6 Å². The van der Waals surface area contributed by atoms with Gasteiger partial charge in [-0.15, -0.1) is 0 Å². The van der Waals surface area contributed by atoms with Crippen molar-refractivity contribution in [2.75, 3.05) is 6.61 Å². The summed E-state index contributed by atoms with van der Waals surface area (Å²) in [5, 5.41) is 8.79. The number of fused-ring (bicyclic) bond motifs is 1. The van der Waals surface area contributed by atoms with Gasteiger partial charge >= 0.3 is 5.97 Å². The third kappa shape index (κ3) is 2.88. The van der Waals surface area contributed by atoms with Gasteiger partial charge < -0.3 is 9.84 Å². The molecule has 1 aliphatic carbocycles. The van der Waals surface area contributed by atoms with E-state index in [2.05, 4.69) is 45.9 Å². The highest BCUT2D eigenvalue weighted by Crippen LogP contribution is 2.56. The van der Waals surface area contributed by atoms with Crippen LogP contribution in [0.1, 0.15) is 50.8 Å². The average Bonchev–Trinajstić information content (AvgIpc) is 3.04. The van der Waals surface area contributed by atoms with E-state index in [-0.39, 0.29) is 10.8 Å². The number of allylic oxidation sites excluding steroid dienone is 3. The lowest BCUT2D eigenvalue weighted by molar-refractivity contribution is -0.131. The minimum atomic E-state index is -0.896. The van der Waals surface area contributed by atoms with Gasteiger partial charge in [-0.3, -0.25) is 0 Å². The van der Waals surface area contributed by atoms with E-state index >= 15 is 0 Å². The molecule has 0 unspecified atom stereocenters. The molecule has 1 aromatic rings. The van der Waals surface area contributed by atoms with E-state index in [1.54, 1.807) is 0 Å². The van der Waals surface area contributed by atoms with Crippen molar-refractivity contribution < 1.29 is 14.6 Å². The molecule has 0 amide bonds. The van der Waals surface area contributed by atoms with E-state index < -0.39 is 5.97 Å². The van der Waals surface area contributed by atoms with Crippen molar-refractivity contribution in [3.63, 3.8) is 0 Å². The Morgan fingerprint density at radius 1 is 1.33 bits per heavy atom. The molecule has 2 atom stereocenters. The maximum absolute atomic E-state index is 10.7. The number of aliphatic carboxylic acids is 1. The molecule has 1 saturated carbocycles. The lowest BCUT2D eigenvalue weighted by Gasteiger charge is -2.19. The lowest BCUT2D eigenvalue weighted by Crippen LogP contribution is -2.18. The van der Waals surface area contributed by atoms with Crippen molar-refractivity contribution in [2.45, 2.75) is 51.9 Å². The van der Waals surface area contributed by atoms with Crippen LogP contribution in [0.2, 0.25) is 0 Å². The fourth-order valence-corrected chi connectivity index (χ4v) is 3.65. The molecule has 1 aliphatic heterocycles. The van der Waals surface area contributed by atoms with Gasteiger partial charge in [-0.05, 0) is 48.3 Å². The Morgan fingerprint density at radius 3 is 2.71 bits per heavy atom. The number of carboxylic acid groups (broad SMARTS) is 1. The molecule has 0 aromatic heterocycles. The third-order valence-electron chi connectivity index (χ3n) is 5.49.